The van der Waals surface area contributed by atoms with Gasteiger partial charge in [-0.2, -0.15) is 39.2 Å². The first kappa shape index (κ1) is 55.2. The molecule has 3 heterocycles. The van der Waals surface area contributed by atoms with Gasteiger partial charge in [-0.05, 0) is 181 Å². The van der Waals surface area contributed by atoms with Crippen molar-refractivity contribution in [2.45, 2.75) is 0 Å². The maximum absolute atomic E-state index is 8.00. The van der Waals surface area contributed by atoms with Crippen molar-refractivity contribution in [1.29, 1.82) is 0 Å². The molecule has 0 aliphatic heterocycles. The second kappa shape index (κ2) is 28.5. The molecule has 0 unspecified atom stereocenters. The van der Waals surface area contributed by atoms with Gasteiger partial charge in [0.25, 0.3) is 0 Å². The van der Waals surface area contributed by atoms with Gasteiger partial charge in [0.05, 0.1) is 23.1 Å². The first-order chi connectivity index (χ1) is 23.3. The Morgan fingerprint density at radius 1 is 0.635 bits per heavy atom. The molecule has 26 heteroatoms. The number of nitrogens with zero attached hydrogens (tertiary/aromatic N) is 8. The SMILES string of the molecule is Brc1ccc(Br)c2n[nH]nc12.Brc1ccc(Br)c2nsnc12.CI.Cn1nc2c(Br)ccc(Br)c2n1.Nc1c(Br)ccc(Br)c1N.O=N[O-].[B].[H-].[Na+].[Na+]. The number of halogens is 9. The molecular formula is C26H20BBr8IN11Na2O2S. The monoisotopic (exact) mass is 1370 g/mol. The number of nitrogens with one attached hydrogen (secondary N) is 1. The summed E-state index contributed by atoms with van der Waals surface area (Å²) in [7, 11) is 1.80. The third-order valence-corrected chi connectivity index (χ3v) is 11.2. The fraction of sp³-hybridized carbons (Fsp3) is 0.0769. The van der Waals surface area contributed by atoms with E-state index in [9.17, 15) is 0 Å². The molecule has 0 aliphatic rings. The van der Waals surface area contributed by atoms with E-state index >= 15 is 0 Å². The van der Waals surface area contributed by atoms with Gasteiger partial charge in [0.1, 0.15) is 33.1 Å². The van der Waals surface area contributed by atoms with Gasteiger partial charge in [0, 0.05) is 51.2 Å². The number of aromatic amines is 1. The molecule has 52 heavy (non-hydrogen) atoms. The van der Waals surface area contributed by atoms with Gasteiger partial charge in [-0.25, -0.2) is 0 Å². The van der Waals surface area contributed by atoms with Crippen LogP contribution in [0.4, 0.5) is 11.4 Å². The summed E-state index contributed by atoms with van der Waals surface area (Å²) in [5.41, 5.74) is 17.6. The Kier molecular flexibility index (Phi) is 30.3. The molecular weight excluding hydrogens is 1350 g/mol. The predicted octanol–water partition coefficient (Wildman–Crippen LogP) is 5.61. The van der Waals surface area contributed by atoms with E-state index in [4.69, 9.17) is 21.6 Å². The molecule has 7 rings (SSSR count). The number of rotatable bonds is 0. The number of fused-ring (bicyclic) bond motifs is 3. The van der Waals surface area contributed by atoms with Crippen molar-refractivity contribution in [2.75, 3.05) is 16.4 Å². The minimum atomic E-state index is 0. The van der Waals surface area contributed by atoms with Gasteiger partial charge < -0.3 is 23.0 Å². The number of anilines is 2. The van der Waals surface area contributed by atoms with Gasteiger partial charge in [-0.15, -0.1) is 5.34 Å². The van der Waals surface area contributed by atoms with Crippen LogP contribution < -0.4 is 70.6 Å². The molecule has 0 amide bonds. The number of nitrogen functional groups attached to an aromatic ring is 2. The Bertz CT molecular complexity index is 1960. The van der Waals surface area contributed by atoms with E-state index in [1.54, 1.807) is 11.8 Å². The molecule has 0 spiro atoms. The van der Waals surface area contributed by atoms with Gasteiger partial charge >= 0.3 is 59.1 Å². The zero-order valence-corrected chi connectivity index (χ0v) is 46.7. The normalized spacial score (nSPS) is 9.29. The summed E-state index contributed by atoms with van der Waals surface area (Å²) in [4.78, 5) is 11.5. The van der Waals surface area contributed by atoms with Crippen molar-refractivity contribution in [2.24, 2.45) is 12.4 Å². The number of alkyl halides is 1. The summed E-state index contributed by atoms with van der Waals surface area (Å²) in [6.45, 7) is 0. The van der Waals surface area contributed by atoms with Crippen molar-refractivity contribution >= 4 is 215 Å². The average Bonchev–Trinajstić information content (AvgIpc) is 3.87. The number of hydrogen-bond donors (Lipinski definition) is 3. The Labute approximate surface area is 430 Å². The molecule has 0 atom stereocenters. The molecule has 0 bridgehead atoms. The van der Waals surface area contributed by atoms with Crippen LogP contribution in [0.3, 0.4) is 0 Å². The third kappa shape index (κ3) is 16.2. The van der Waals surface area contributed by atoms with E-state index in [0.29, 0.717) is 11.4 Å². The minimum absolute atomic E-state index is 0. The smallest absolute Gasteiger partial charge is 1.00 e. The van der Waals surface area contributed by atoms with Gasteiger partial charge in [0.15, 0.2) is 0 Å². The van der Waals surface area contributed by atoms with Crippen LogP contribution in [0.25, 0.3) is 33.1 Å². The Morgan fingerprint density at radius 3 is 1.19 bits per heavy atom. The van der Waals surface area contributed by atoms with Crippen molar-refractivity contribution in [3.05, 3.63) is 94.4 Å². The van der Waals surface area contributed by atoms with Gasteiger partial charge in [0.2, 0.25) is 0 Å². The molecule has 13 nitrogen and oxygen atoms in total. The molecule has 0 saturated carbocycles. The van der Waals surface area contributed by atoms with Crippen LogP contribution in [-0.4, -0.2) is 52.5 Å². The topological polar surface area (TPSA) is 203 Å². The zero-order valence-electron chi connectivity index (χ0n) is 28.1. The van der Waals surface area contributed by atoms with E-state index in [1.807, 2.05) is 53.5 Å². The second-order valence-corrected chi connectivity index (χ2v) is 15.8. The summed E-state index contributed by atoms with van der Waals surface area (Å²) in [6, 6.07) is 15.3. The van der Waals surface area contributed by atoms with Crippen molar-refractivity contribution in [1.82, 2.24) is 39.2 Å². The minimum Gasteiger partial charge on any atom is -1.00 e. The molecule has 3 aromatic heterocycles. The summed E-state index contributed by atoms with van der Waals surface area (Å²) in [5, 5.41) is 27.9. The molecule has 7 aromatic rings. The van der Waals surface area contributed by atoms with E-state index in [-0.39, 0.29) is 69.0 Å². The van der Waals surface area contributed by atoms with Crippen LogP contribution >= 0.6 is 162 Å². The molecule has 4 aromatic carbocycles. The average molecular weight is 1370 g/mol. The van der Waals surface area contributed by atoms with Gasteiger partial charge in [-0.3, -0.25) is 0 Å². The quantitative estimate of drug-likeness (QED) is 0.0428. The fourth-order valence-electron chi connectivity index (χ4n) is 3.29. The van der Waals surface area contributed by atoms with E-state index in [1.165, 1.54) is 11.7 Å². The number of H-pyrrole nitrogens is 1. The first-order valence-corrected chi connectivity index (χ1v) is 21.7. The zero-order chi connectivity index (χ0) is 36.8. The number of benzene rings is 4. The van der Waals surface area contributed by atoms with Crippen LogP contribution in [0.1, 0.15) is 1.43 Å². The molecule has 0 saturated heterocycles. The molecule has 0 aliphatic carbocycles. The standard InChI is InChI=1S/C7H5Br2N3.C6H3Br2N3.C6H2Br2N2S.C6H6Br2N2.CH3I.B.HNO2.2Na.H/c1-12-10-6-4(8)2-3-5(9)7(6)11-12;2*7-3-1-2-4(8)6-5(3)9-11-10-6;7-3-1-2-4(8)6(10)5(3)9;1-2;;2-1-3;;;/h2-3H,1H3;1-2H,(H,9,10,11);1-2H;1-2H,9-10H2;1H3;;(H,2,3);;;/q;;;;;;;2*+1;-1/p-1. The van der Waals surface area contributed by atoms with Gasteiger partial charge in [-0.1, -0.05) is 22.6 Å². The molecule has 5 N–H and O–H groups in total. The summed E-state index contributed by atoms with van der Waals surface area (Å²) < 4.78 is 15.7. The Hall–Kier alpha value is 1.13. The Balaban J connectivity index is -0.000000590. The maximum atomic E-state index is 8.00. The van der Waals surface area contributed by atoms with Crippen LogP contribution in [0.15, 0.2) is 89.7 Å². The number of aryl methyl sites for hydroxylation is 1. The predicted molar refractivity (Wildman–Crippen MR) is 243 cm³/mol. The number of nitrogens with two attached hydrogens (primary N) is 2. The van der Waals surface area contributed by atoms with E-state index in [0.717, 1.165) is 74.2 Å². The summed E-state index contributed by atoms with van der Waals surface area (Å²) in [5.74, 6) is 0. The Morgan fingerprint density at radius 2 is 0.885 bits per heavy atom. The van der Waals surface area contributed by atoms with E-state index < -0.39 is 0 Å². The van der Waals surface area contributed by atoms with Crippen LogP contribution in [0.2, 0.25) is 0 Å². The second-order valence-electron chi connectivity index (χ2n) is 8.39. The number of aromatic nitrogens is 8. The van der Waals surface area contributed by atoms with Crippen LogP contribution in [-0.2, 0) is 7.05 Å². The van der Waals surface area contributed by atoms with Crippen molar-refractivity contribution < 1.29 is 60.5 Å². The van der Waals surface area contributed by atoms with Crippen molar-refractivity contribution in [3.8, 4) is 0 Å². The first-order valence-electron chi connectivity index (χ1n) is 12.5. The van der Waals surface area contributed by atoms with Crippen LogP contribution in [0.5, 0.6) is 0 Å². The van der Waals surface area contributed by atoms with Crippen molar-refractivity contribution in [3.63, 3.8) is 0 Å². The molecule has 0 fully saturated rings. The maximum Gasteiger partial charge on any atom is 1.00 e. The van der Waals surface area contributed by atoms with E-state index in [2.05, 4.69) is 184 Å². The summed E-state index contributed by atoms with van der Waals surface area (Å²) >= 11 is 30.2. The third-order valence-electron chi connectivity index (χ3n) is 5.42. The van der Waals surface area contributed by atoms with Crippen LogP contribution in [0, 0.1) is 10.1 Å². The number of hydrogen-bond acceptors (Lipinski definition) is 12. The summed E-state index contributed by atoms with van der Waals surface area (Å²) in [6.07, 6.45) is 0. The largest absolute Gasteiger partial charge is 1.00 e. The fourth-order valence-corrected chi connectivity index (χ4v) is 7.22. The molecule has 3 radical (unpaired) electrons. The molecule has 265 valence electrons.